The molecule has 0 fully saturated rings. The van der Waals surface area contributed by atoms with Gasteiger partial charge >= 0.3 is 6.18 Å². The van der Waals surface area contributed by atoms with Gasteiger partial charge in [-0.25, -0.2) is 8.42 Å². The fourth-order valence-electron chi connectivity index (χ4n) is 1.69. The van der Waals surface area contributed by atoms with Gasteiger partial charge in [0.05, 0.1) is 11.0 Å². The average Bonchev–Trinajstić information content (AvgIpc) is 2.45. The zero-order valence-electron chi connectivity index (χ0n) is 11.2. The Hall–Kier alpha value is -2.28. The van der Waals surface area contributed by atoms with Crippen LogP contribution in [0.3, 0.4) is 0 Å². The molecule has 0 radical (unpaired) electrons. The lowest BCUT2D eigenvalue weighted by Gasteiger charge is -2.07. The minimum absolute atomic E-state index is 0.147. The van der Waals surface area contributed by atoms with E-state index in [0.717, 1.165) is 23.6 Å². The van der Waals surface area contributed by atoms with Crippen LogP contribution in [0.2, 0.25) is 0 Å². The van der Waals surface area contributed by atoms with Crippen LogP contribution in [0.15, 0.2) is 60.0 Å². The van der Waals surface area contributed by atoms with E-state index in [1.165, 1.54) is 12.1 Å². The van der Waals surface area contributed by atoms with Gasteiger partial charge in [-0.1, -0.05) is 30.3 Å². The third kappa shape index (κ3) is 4.63. The SMILES string of the molecule is O=S(=O)(/C=C/c1cccc(C(F)(F)F)c1)Nc1ccccc1. The van der Waals surface area contributed by atoms with E-state index in [9.17, 15) is 21.6 Å². The van der Waals surface area contributed by atoms with Crippen LogP contribution in [-0.2, 0) is 16.2 Å². The predicted molar refractivity (Wildman–Crippen MR) is 79.5 cm³/mol. The summed E-state index contributed by atoms with van der Waals surface area (Å²) in [7, 11) is -3.79. The molecule has 2 aromatic rings. The first-order chi connectivity index (χ1) is 10.3. The van der Waals surface area contributed by atoms with Gasteiger partial charge in [0, 0.05) is 5.69 Å². The molecule has 0 saturated carbocycles. The molecule has 0 heterocycles. The standard InChI is InChI=1S/C15H12F3NO2S/c16-15(17,18)13-6-4-5-12(11-13)9-10-22(20,21)19-14-7-2-1-3-8-14/h1-11,19H/b10-9+. The summed E-state index contributed by atoms with van der Waals surface area (Å²) >= 11 is 0. The number of nitrogens with one attached hydrogen (secondary N) is 1. The third-order valence-corrected chi connectivity index (χ3v) is 3.70. The Morgan fingerprint density at radius 1 is 0.955 bits per heavy atom. The lowest BCUT2D eigenvalue weighted by atomic mass is 10.1. The summed E-state index contributed by atoms with van der Waals surface area (Å²) in [4.78, 5) is 0. The fraction of sp³-hybridized carbons (Fsp3) is 0.0667. The lowest BCUT2D eigenvalue weighted by molar-refractivity contribution is -0.137. The fourth-order valence-corrected chi connectivity index (χ4v) is 2.56. The van der Waals surface area contributed by atoms with Gasteiger partial charge in [0.25, 0.3) is 10.0 Å². The Labute approximate surface area is 126 Å². The normalized spacial score (nSPS) is 12.5. The lowest BCUT2D eigenvalue weighted by Crippen LogP contribution is -2.08. The molecule has 1 N–H and O–H groups in total. The van der Waals surface area contributed by atoms with Gasteiger partial charge in [-0.05, 0) is 35.9 Å². The quantitative estimate of drug-likeness (QED) is 0.918. The molecular weight excluding hydrogens is 315 g/mol. The Kier molecular flexibility index (Phi) is 4.56. The highest BCUT2D eigenvalue weighted by Crippen LogP contribution is 2.29. The van der Waals surface area contributed by atoms with Crippen LogP contribution in [0, 0.1) is 0 Å². The first kappa shape index (κ1) is 16.1. The zero-order chi connectivity index (χ0) is 16.2. The molecule has 7 heteroatoms. The first-order valence-corrected chi connectivity index (χ1v) is 7.74. The molecule has 0 aliphatic heterocycles. The molecule has 2 aromatic carbocycles. The highest BCUT2D eigenvalue weighted by atomic mass is 32.2. The van der Waals surface area contributed by atoms with Crippen LogP contribution in [0.25, 0.3) is 6.08 Å². The molecule has 0 atom stereocenters. The minimum atomic E-state index is -4.47. The summed E-state index contributed by atoms with van der Waals surface area (Å²) in [5, 5.41) is 0.829. The van der Waals surface area contributed by atoms with Crippen LogP contribution in [0.1, 0.15) is 11.1 Å². The van der Waals surface area contributed by atoms with Crippen molar-refractivity contribution in [1.82, 2.24) is 0 Å². The Balaban J connectivity index is 2.17. The van der Waals surface area contributed by atoms with Crippen molar-refractivity contribution in [1.29, 1.82) is 0 Å². The molecule has 0 bridgehead atoms. The molecule has 0 saturated heterocycles. The number of para-hydroxylation sites is 1. The monoisotopic (exact) mass is 327 g/mol. The summed E-state index contributed by atoms with van der Waals surface area (Å²) < 4.78 is 63.7. The zero-order valence-corrected chi connectivity index (χ0v) is 12.0. The van der Waals surface area contributed by atoms with Crippen molar-refractivity contribution in [2.75, 3.05) is 4.72 Å². The van der Waals surface area contributed by atoms with Gasteiger partial charge < -0.3 is 0 Å². The predicted octanol–water partition coefficient (Wildman–Crippen LogP) is 4.12. The molecule has 0 aliphatic rings. The number of hydrogen-bond acceptors (Lipinski definition) is 2. The summed E-state index contributed by atoms with van der Waals surface area (Å²) in [6.07, 6.45) is -3.36. The van der Waals surface area contributed by atoms with Crippen molar-refractivity contribution >= 4 is 21.8 Å². The van der Waals surface area contributed by atoms with E-state index in [0.29, 0.717) is 5.69 Å². The number of benzene rings is 2. The smallest absolute Gasteiger partial charge is 0.280 e. The second kappa shape index (κ2) is 6.23. The summed E-state index contributed by atoms with van der Waals surface area (Å²) in [5.74, 6) is 0. The van der Waals surface area contributed by atoms with Crippen LogP contribution in [-0.4, -0.2) is 8.42 Å². The van der Waals surface area contributed by atoms with Gasteiger partial charge in [0.1, 0.15) is 0 Å². The van der Waals surface area contributed by atoms with Gasteiger partial charge in [0.2, 0.25) is 0 Å². The number of anilines is 1. The molecule has 0 spiro atoms. The second-order valence-electron chi connectivity index (χ2n) is 4.44. The molecule has 2 rings (SSSR count). The molecular formula is C15H12F3NO2S. The van der Waals surface area contributed by atoms with Gasteiger partial charge in [0.15, 0.2) is 0 Å². The van der Waals surface area contributed by atoms with Gasteiger partial charge in [-0.3, -0.25) is 4.72 Å². The first-order valence-electron chi connectivity index (χ1n) is 6.19. The van der Waals surface area contributed by atoms with E-state index in [1.54, 1.807) is 30.3 Å². The average molecular weight is 327 g/mol. The van der Waals surface area contributed by atoms with E-state index < -0.39 is 21.8 Å². The van der Waals surface area contributed by atoms with Gasteiger partial charge in [-0.2, -0.15) is 13.2 Å². The van der Waals surface area contributed by atoms with Crippen molar-refractivity contribution in [3.05, 3.63) is 71.1 Å². The molecule has 0 unspecified atom stereocenters. The van der Waals surface area contributed by atoms with Crippen molar-refractivity contribution < 1.29 is 21.6 Å². The van der Waals surface area contributed by atoms with Gasteiger partial charge in [-0.15, -0.1) is 0 Å². The minimum Gasteiger partial charge on any atom is -0.280 e. The maximum absolute atomic E-state index is 12.6. The van der Waals surface area contributed by atoms with Crippen LogP contribution < -0.4 is 4.72 Å². The molecule has 0 aromatic heterocycles. The van der Waals surface area contributed by atoms with Crippen LogP contribution in [0.5, 0.6) is 0 Å². The van der Waals surface area contributed by atoms with E-state index in [2.05, 4.69) is 4.72 Å². The molecule has 0 amide bonds. The highest BCUT2D eigenvalue weighted by molar-refractivity contribution is 7.95. The molecule has 116 valence electrons. The largest absolute Gasteiger partial charge is 0.416 e. The van der Waals surface area contributed by atoms with Crippen molar-refractivity contribution in [2.45, 2.75) is 6.18 Å². The Morgan fingerprint density at radius 3 is 2.27 bits per heavy atom. The van der Waals surface area contributed by atoms with Crippen LogP contribution in [0.4, 0.5) is 18.9 Å². The van der Waals surface area contributed by atoms with Crippen molar-refractivity contribution in [3.8, 4) is 0 Å². The van der Waals surface area contributed by atoms with E-state index in [4.69, 9.17) is 0 Å². The number of halogens is 3. The highest BCUT2D eigenvalue weighted by Gasteiger charge is 2.30. The Bertz CT molecular complexity index is 769. The molecule has 3 nitrogen and oxygen atoms in total. The number of hydrogen-bond donors (Lipinski definition) is 1. The summed E-state index contributed by atoms with van der Waals surface area (Å²) in [6.45, 7) is 0. The van der Waals surface area contributed by atoms with Crippen molar-refractivity contribution in [2.24, 2.45) is 0 Å². The van der Waals surface area contributed by atoms with Crippen LogP contribution >= 0.6 is 0 Å². The molecule has 0 aliphatic carbocycles. The summed E-state index contributed by atoms with van der Waals surface area (Å²) in [5.41, 5.74) is -0.312. The number of sulfonamides is 1. The van der Waals surface area contributed by atoms with E-state index in [-0.39, 0.29) is 5.56 Å². The van der Waals surface area contributed by atoms with E-state index in [1.807, 2.05) is 0 Å². The third-order valence-electron chi connectivity index (χ3n) is 2.69. The number of rotatable bonds is 4. The Morgan fingerprint density at radius 2 is 1.64 bits per heavy atom. The maximum Gasteiger partial charge on any atom is 0.416 e. The topological polar surface area (TPSA) is 46.2 Å². The maximum atomic E-state index is 12.6. The second-order valence-corrected chi connectivity index (χ2v) is 6.01. The van der Waals surface area contributed by atoms with E-state index >= 15 is 0 Å². The summed E-state index contributed by atoms with van der Waals surface area (Å²) in [6, 6.07) is 12.6. The van der Waals surface area contributed by atoms with Crippen molar-refractivity contribution in [3.63, 3.8) is 0 Å². The number of alkyl halides is 3. The molecule has 22 heavy (non-hydrogen) atoms.